The maximum Gasteiger partial charge on any atom is 0.0356 e. The van der Waals surface area contributed by atoms with Crippen molar-refractivity contribution < 1.29 is 0 Å². The molecule has 1 aromatic heterocycles. The predicted octanol–water partition coefficient (Wildman–Crippen LogP) is 5.01. The van der Waals surface area contributed by atoms with Gasteiger partial charge in [-0.25, -0.2) is 0 Å². The SMILES string of the molecule is CCNC(c1ccsc1)C1CCC2CCCCC2C1. The molecular weight excluding hydrogens is 250 g/mol. The molecule has 0 amide bonds. The van der Waals surface area contributed by atoms with Crippen molar-refractivity contribution in [3.63, 3.8) is 0 Å². The van der Waals surface area contributed by atoms with Crippen LogP contribution in [0.3, 0.4) is 0 Å². The van der Waals surface area contributed by atoms with E-state index in [1.165, 1.54) is 50.5 Å². The third-order valence-electron chi connectivity index (χ3n) is 5.38. The van der Waals surface area contributed by atoms with Crippen LogP contribution in [0.4, 0.5) is 0 Å². The van der Waals surface area contributed by atoms with Gasteiger partial charge in [-0.05, 0) is 66.0 Å². The van der Waals surface area contributed by atoms with Crippen LogP contribution in [0.5, 0.6) is 0 Å². The summed E-state index contributed by atoms with van der Waals surface area (Å²) in [6.45, 7) is 3.33. The Kier molecular flexibility index (Phi) is 4.60. The Morgan fingerprint density at radius 3 is 2.79 bits per heavy atom. The van der Waals surface area contributed by atoms with Crippen molar-refractivity contribution in [2.75, 3.05) is 6.54 Å². The van der Waals surface area contributed by atoms with Crippen LogP contribution in [-0.4, -0.2) is 6.54 Å². The lowest BCUT2D eigenvalue weighted by atomic mass is 9.65. The Labute approximate surface area is 121 Å². The molecule has 0 aliphatic heterocycles. The fourth-order valence-corrected chi connectivity index (χ4v) is 5.14. The topological polar surface area (TPSA) is 12.0 Å². The van der Waals surface area contributed by atoms with Gasteiger partial charge < -0.3 is 5.32 Å². The van der Waals surface area contributed by atoms with Gasteiger partial charge >= 0.3 is 0 Å². The average Bonchev–Trinajstić information content (AvgIpc) is 2.98. The quantitative estimate of drug-likeness (QED) is 0.816. The van der Waals surface area contributed by atoms with Gasteiger partial charge in [-0.2, -0.15) is 11.3 Å². The lowest BCUT2D eigenvalue weighted by Gasteiger charge is -2.42. The molecule has 0 bridgehead atoms. The van der Waals surface area contributed by atoms with E-state index in [0.717, 1.165) is 24.3 Å². The Balaban J connectivity index is 1.69. The molecule has 1 N–H and O–H groups in total. The van der Waals surface area contributed by atoms with Crippen LogP contribution in [0.15, 0.2) is 16.8 Å². The highest BCUT2D eigenvalue weighted by molar-refractivity contribution is 7.07. The van der Waals surface area contributed by atoms with Gasteiger partial charge in [0.1, 0.15) is 0 Å². The molecule has 4 atom stereocenters. The molecule has 2 saturated carbocycles. The zero-order valence-corrected chi connectivity index (χ0v) is 12.9. The Bertz CT molecular complexity index is 373. The van der Waals surface area contributed by atoms with E-state index >= 15 is 0 Å². The third kappa shape index (κ3) is 3.05. The van der Waals surface area contributed by atoms with Crippen LogP contribution in [0.2, 0.25) is 0 Å². The molecule has 0 radical (unpaired) electrons. The first-order chi connectivity index (χ1) is 9.38. The minimum absolute atomic E-state index is 0.610. The summed E-state index contributed by atoms with van der Waals surface area (Å²) in [4.78, 5) is 0. The fraction of sp³-hybridized carbons (Fsp3) is 0.765. The van der Waals surface area contributed by atoms with Gasteiger partial charge in [0.05, 0.1) is 0 Å². The molecule has 2 aliphatic carbocycles. The molecule has 3 rings (SSSR count). The normalized spacial score (nSPS) is 32.8. The van der Waals surface area contributed by atoms with Crippen molar-refractivity contribution in [1.82, 2.24) is 5.32 Å². The third-order valence-corrected chi connectivity index (χ3v) is 6.08. The first kappa shape index (κ1) is 13.6. The molecule has 2 fully saturated rings. The van der Waals surface area contributed by atoms with Crippen molar-refractivity contribution in [3.05, 3.63) is 22.4 Å². The standard InChI is InChI=1S/C17H27NS/c1-2-18-17(16-9-10-19-12-16)15-8-7-13-5-3-4-6-14(13)11-15/h9-10,12-15,17-18H,2-8,11H2,1H3. The van der Waals surface area contributed by atoms with Crippen molar-refractivity contribution in [3.8, 4) is 0 Å². The first-order valence-corrected chi connectivity index (χ1v) is 9.08. The van der Waals surface area contributed by atoms with Gasteiger partial charge in [0, 0.05) is 6.04 Å². The second kappa shape index (κ2) is 6.41. The lowest BCUT2D eigenvalue weighted by Crippen LogP contribution is -2.35. The first-order valence-electron chi connectivity index (χ1n) is 8.14. The summed E-state index contributed by atoms with van der Waals surface area (Å²) in [5.74, 6) is 2.97. The van der Waals surface area contributed by atoms with Gasteiger partial charge in [0.15, 0.2) is 0 Å². The molecule has 0 aromatic carbocycles. The molecule has 0 spiro atoms. The fourth-order valence-electron chi connectivity index (χ4n) is 4.44. The second-order valence-electron chi connectivity index (χ2n) is 6.47. The number of hydrogen-bond donors (Lipinski definition) is 1. The number of thiophene rings is 1. The number of nitrogens with one attached hydrogen (secondary N) is 1. The van der Waals surface area contributed by atoms with E-state index in [1.54, 1.807) is 0 Å². The highest BCUT2D eigenvalue weighted by Crippen LogP contribution is 2.46. The summed E-state index contributed by atoms with van der Waals surface area (Å²) in [5, 5.41) is 8.33. The Hall–Kier alpha value is -0.340. The zero-order chi connectivity index (χ0) is 13.1. The molecule has 0 saturated heterocycles. The van der Waals surface area contributed by atoms with E-state index < -0.39 is 0 Å². The highest BCUT2D eigenvalue weighted by Gasteiger charge is 2.35. The van der Waals surface area contributed by atoms with Crippen LogP contribution in [-0.2, 0) is 0 Å². The van der Waals surface area contributed by atoms with Crippen molar-refractivity contribution in [2.45, 2.75) is 57.9 Å². The van der Waals surface area contributed by atoms with E-state index in [0.29, 0.717) is 6.04 Å². The molecule has 2 heteroatoms. The second-order valence-corrected chi connectivity index (χ2v) is 7.25. The summed E-state index contributed by atoms with van der Waals surface area (Å²) in [6.07, 6.45) is 10.4. The minimum Gasteiger partial charge on any atom is -0.310 e. The minimum atomic E-state index is 0.610. The van der Waals surface area contributed by atoms with E-state index in [4.69, 9.17) is 0 Å². The van der Waals surface area contributed by atoms with Crippen molar-refractivity contribution in [2.24, 2.45) is 17.8 Å². The average molecular weight is 277 g/mol. The molecule has 2 aliphatic rings. The van der Waals surface area contributed by atoms with Gasteiger partial charge in [-0.1, -0.05) is 32.6 Å². The van der Waals surface area contributed by atoms with Crippen LogP contribution < -0.4 is 5.32 Å². The van der Waals surface area contributed by atoms with E-state index in [1.807, 2.05) is 11.3 Å². The number of hydrogen-bond acceptors (Lipinski definition) is 2. The summed E-state index contributed by atoms with van der Waals surface area (Å²) in [7, 11) is 0. The van der Waals surface area contributed by atoms with Crippen LogP contribution >= 0.6 is 11.3 Å². The van der Waals surface area contributed by atoms with Gasteiger partial charge in [0.2, 0.25) is 0 Å². The maximum absolute atomic E-state index is 3.76. The van der Waals surface area contributed by atoms with E-state index in [2.05, 4.69) is 29.1 Å². The highest BCUT2D eigenvalue weighted by atomic mass is 32.1. The largest absolute Gasteiger partial charge is 0.310 e. The molecule has 1 heterocycles. The van der Waals surface area contributed by atoms with Crippen LogP contribution in [0.1, 0.15) is 63.5 Å². The van der Waals surface area contributed by atoms with Crippen LogP contribution in [0, 0.1) is 17.8 Å². The summed E-state index contributed by atoms with van der Waals surface area (Å²) in [6, 6.07) is 2.93. The number of fused-ring (bicyclic) bond motifs is 1. The van der Waals surface area contributed by atoms with Crippen molar-refractivity contribution >= 4 is 11.3 Å². The molecule has 19 heavy (non-hydrogen) atoms. The van der Waals surface area contributed by atoms with E-state index in [9.17, 15) is 0 Å². The number of rotatable bonds is 4. The summed E-state index contributed by atoms with van der Waals surface area (Å²) in [5.41, 5.74) is 1.53. The zero-order valence-electron chi connectivity index (χ0n) is 12.1. The maximum atomic E-state index is 3.76. The van der Waals surface area contributed by atoms with Gasteiger partial charge in [0.25, 0.3) is 0 Å². The summed E-state index contributed by atoms with van der Waals surface area (Å²) >= 11 is 1.84. The molecule has 106 valence electrons. The molecular formula is C17H27NS. The predicted molar refractivity (Wildman–Crippen MR) is 83.5 cm³/mol. The van der Waals surface area contributed by atoms with Gasteiger partial charge in [-0.3, -0.25) is 0 Å². The van der Waals surface area contributed by atoms with E-state index in [-0.39, 0.29) is 0 Å². The van der Waals surface area contributed by atoms with Gasteiger partial charge in [-0.15, -0.1) is 0 Å². The molecule has 4 unspecified atom stereocenters. The Morgan fingerprint density at radius 2 is 2.05 bits per heavy atom. The lowest BCUT2D eigenvalue weighted by molar-refractivity contribution is 0.110. The Morgan fingerprint density at radius 1 is 1.21 bits per heavy atom. The van der Waals surface area contributed by atoms with Crippen LogP contribution in [0.25, 0.3) is 0 Å². The summed E-state index contributed by atoms with van der Waals surface area (Å²) < 4.78 is 0. The molecule has 1 nitrogen and oxygen atoms in total. The smallest absolute Gasteiger partial charge is 0.0356 e. The molecule has 1 aromatic rings. The van der Waals surface area contributed by atoms with Crippen molar-refractivity contribution in [1.29, 1.82) is 0 Å². The monoisotopic (exact) mass is 277 g/mol.